The zero-order valence-corrected chi connectivity index (χ0v) is 18.6. The predicted octanol–water partition coefficient (Wildman–Crippen LogP) is 4.20. The summed E-state index contributed by atoms with van der Waals surface area (Å²) in [4.78, 5) is 21.6. The van der Waals surface area contributed by atoms with Crippen molar-refractivity contribution in [1.82, 2.24) is 14.8 Å². The smallest absolute Gasteiger partial charge is 0.227 e. The van der Waals surface area contributed by atoms with Crippen molar-refractivity contribution in [1.29, 1.82) is 0 Å². The number of halogens is 1. The van der Waals surface area contributed by atoms with Gasteiger partial charge in [0, 0.05) is 43.3 Å². The molecular weight excluding hydrogens is 414 g/mol. The highest BCUT2D eigenvalue weighted by Crippen LogP contribution is 2.25. The summed E-state index contributed by atoms with van der Waals surface area (Å²) in [5, 5.41) is 0.657. The average Bonchev–Trinajstić information content (AvgIpc) is 3.14. The maximum atomic E-state index is 12.7. The Kier molecular flexibility index (Phi) is 6.59. The molecule has 1 aromatic heterocycles. The fourth-order valence-corrected chi connectivity index (χ4v) is 3.95. The van der Waals surface area contributed by atoms with Crippen molar-refractivity contribution in [2.75, 3.05) is 33.3 Å². The molecule has 0 bridgehead atoms. The summed E-state index contributed by atoms with van der Waals surface area (Å²) in [6.07, 6.45) is 0.391. The minimum atomic E-state index is 0.147. The monoisotopic (exact) mass is 439 g/mol. The number of carbonyl (C=O) groups excluding carboxylic acids is 1. The molecule has 1 aliphatic heterocycles. The Morgan fingerprint density at radius 3 is 2.65 bits per heavy atom. The lowest BCUT2D eigenvalue weighted by molar-refractivity contribution is -0.132. The highest BCUT2D eigenvalue weighted by atomic mass is 35.5. The summed E-state index contributed by atoms with van der Waals surface area (Å²) in [5.41, 5.74) is 2.76. The maximum Gasteiger partial charge on any atom is 0.227 e. The van der Waals surface area contributed by atoms with E-state index in [2.05, 4.69) is 9.88 Å². The van der Waals surface area contributed by atoms with Gasteiger partial charge >= 0.3 is 0 Å². The molecule has 0 saturated carbocycles. The first-order valence-corrected chi connectivity index (χ1v) is 10.7. The van der Waals surface area contributed by atoms with E-state index in [9.17, 15) is 4.79 Å². The van der Waals surface area contributed by atoms with Crippen molar-refractivity contribution in [2.24, 2.45) is 0 Å². The first kappa shape index (κ1) is 21.4. The van der Waals surface area contributed by atoms with Gasteiger partial charge in [-0.3, -0.25) is 9.69 Å². The van der Waals surface area contributed by atoms with E-state index in [-0.39, 0.29) is 5.91 Å². The van der Waals surface area contributed by atoms with E-state index in [1.54, 1.807) is 7.11 Å². The first-order valence-electron chi connectivity index (χ1n) is 10.4. The molecule has 1 aliphatic rings. The third kappa shape index (κ3) is 5.27. The lowest BCUT2D eigenvalue weighted by Gasteiger charge is -2.34. The summed E-state index contributed by atoms with van der Waals surface area (Å²) < 4.78 is 11.1. The number of aryl methyl sites for hydroxylation is 1. The number of ether oxygens (including phenoxy) is 1. The Balaban J connectivity index is 1.32. The van der Waals surface area contributed by atoms with Gasteiger partial charge in [0.1, 0.15) is 11.5 Å². The quantitative estimate of drug-likeness (QED) is 0.576. The molecule has 0 N–H and O–H groups in total. The molecule has 4 rings (SSSR count). The van der Waals surface area contributed by atoms with Crippen LogP contribution in [-0.2, 0) is 17.8 Å². The summed E-state index contributed by atoms with van der Waals surface area (Å²) in [7, 11) is 1.63. The maximum absolute atomic E-state index is 12.7. The van der Waals surface area contributed by atoms with E-state index in [1.807, 2.05) is 60.4 Å². The number of rotatable bonds is 6. The number of piperazine rings is 1. The van der Waals surface area contributed by atoms with Crippen LogP contribution in [0.4, 0.5) is 0 Å². The average molecular weight is 440 g/mol. The normalized spacial score (nSPS) is 14.6. The highest BCUT2D eigenvalue weighted by Gasteiger charge is 2.23. The Morgan fingerprint density at radius 1 is 1.13 bits per heavy atom. The van der Waals surface area contributed by atoms with E-state index >= 15 is 0 Å². The number of hydrogen-bond donors (Lipinski definition) is 0. The standard InChI is InChI=1S/C24H26ClN3O3/c1-17-22(26-24(31-17)19-6-4-7-20(25)15-19)16-27-9-11-28(12-10-27)23(29)14-18-5-3-8-21(13-18)30-2/h3-8,13,15H,9-12,14,16H2,1-2H3. The molecule has 0 radical (unpaired) electrons. The van der Waals surface area contributed by atoms with Crippen LogP contribution in [0.3, 0.4) is 0 Å². The van der Waals surface area contributed by atoms with Gasteiger partial charge in [-0.25, -0.2) is 4.98 Å². The van der Waals surface area contributed by atoms with Crippen LogP contribution >= 0.6 is 11.6 Å². The number of nitrogens with zero attached hydrogens (tertiary/aromatic N) is 3. The van der Waals surface area contributed by atoms with Gasteiger partial charge in [0.15, 0.2) is 0 Å². The van der Waals surface area contributed by atoms with Crippen molar-refractivity contribution in [2.45, 2.75) is 19.9 Å². The van der Waals surface area contributed by atoms with Crippen molar-refractivity contribution in [3.8, 4) is 17.2 Å². The number of carbonyl (C=O) groups is 1. The minimum absolute atomic E-state index is 0.147. The lowest BCUT2D eigenvalue weighted by atomic mass is 10.1. The molecule has 2 aromatic carbocycles. The second kappa shape index (κ2) is 9.54. The van der Waals surface area contributed by atoms with Gasteiger partial charge in [-0.15, -0.1) is 0 Å². The van der Waals surface area contributed by atoms with Gasteiger partial charge in [-0.1, -0.05) is 29.8 Å². The van der Waals surface area contributed by atoms with Crippen LogP contribution in [0.25, 0.3) is 11.5 Å². The first-order chi connectivity index (χ1) is 15.0. The number of benzene rings is 2. The van der Waals surface area contributed by atoms with Crippen molar-refractivity contribution >= 4 is 17.5 Å². The molecule has 162 valence electrons. The lowest BCUT2D eigenvalue weighted by Crippen LogP contribution is -2.48. The van der Waals surface area contributed by atoms with Crippen LogP contribution < -0.4 is 4.74 Å². The Labute approximate surface area is 187 Å². The molecule has 0 aliphatic carbocycles. The number of aromatic nitrogens is 1. The number of methoxy groups -OCH3 is 1. The van der Waals surface area contributed by atoms with E-state index < -0.39 is 0 Å². The summed E-state index contributed by atoms with van der Waals surface area (Å²) in [6, 6.07) is 15.2. The summed E-state index contributed by atoms with van der Waals surface area (Å²) >= 11 is 6.09. The highest BCUT2D eigenvalue weighted by molar-refractivity contribution is 6.30. The zero-order valence-electron chi connectivity index (χ0n) is 17.8. The second-order valence-electron chi connectivity index (χ2n) is 7.72. The van der Waals surface area contributed by atoms with Crippen LogP contribution in [0.15, 0.2) is 52.9 Å². The molecule has 1 amide bonds. The molecular formula is C24H26ClN3O3. The van der Waals surface area contributed by atoms with Crippen molar-refractivity contribution < 1.29 is 13.9 Å². The van der Waals surface area contributed by atoms with Gasteiger partial charge in [0.25, 0.3) is 0 Å². The molecule has 6 nitrogen and oxygen atoms in total. The topological polar surface area (TPSA) is 58.8 Å². The van der Waals surface area contributed by atoms with Crippen LogP contribution in [0.1, 0.15) is 17.0 Å². The van der Waals surface area contributed by atoms with Gasteiger partial charge in [0.05, 0.1) is 19.2 Å². The molecule has 0 spiro atoms. The molecule has 31 heavy (non-hydrogen) atoms. The van der Waals surface area contributed by atoms with Crippen LogP contribution in [0.5, 0.6) is 5.75 Å². The molecule has 0 unspecified atom stereocenters. The molecule has 1 saturated heterocycles. The van der Waals surface area contributed by atoms with E-state index in [0.717, 1.165) is 41.4 Å². The molecule has 0 atom stereocenters. The number of hydrogen-bond acceptors (Lipinski definition) is 5. The zero-order chi connectivity index (χ0) is 21.8. The molecule has 2 heterocycles. The van der Waals surface area contributed by atoms with E-state index in [0.29, 0.717) is 37.0 Å². The molecule has 1 fully saturated rings. The second-order valence-corrected chi connectivity index (χ2v) is 8.15. The summed E-state index contributed by atoms with van der Waals surface area (Å²) in [5.74, 6) is 2.32. The molecule has 3 aromatic rings. The Bertz CT molecular complexity index is 1060. The third-order valence-corrected chi connectivity index (χ3v) is 5.79. The van der Waals surface area contributed by atoms with Crippen molar-refractivity contribution in [3.05, 3.63) is 70.6 Å². The van der Waals surface area contributed by atoms with Gasteiger partial charge in [-0.2, -0.15) is 0 Å². The number of amides is 1. The van der Waals surface area contributed by atoms with Gasteiger partial charge in [0.2, 0.25) is 11.8 Å². The van der Waals surface area contributed by atoms with Crippen LogP contribution in [0, 0.1) is 6.92 Å². The van der Waals surface area contributed by atoms with Crippen LogP contribution in [0.2, 0.25) is 5.02 Å². The van der Waals surface area contributed by atoms with Crippen LogP contribution in [-0.4, -0.2) is 54.0 Å². The SMILES string of the molecule is COc1cccc(CC(=O)N2CCN(Cc3nc(-c4cccc(Cl)c4)oc3C)CC2)c1. The molecule has 7 heteroatoms. The van der Waals surface area contributed by atoms with E-state index in [1.165, 1.54) is 0 Å². The van der Waals surface area contributed by atoms with E-state index in [4.69, 9.17) is 20.8 Å². The number of oxazole rings is 1. The van der Waals surface area contributed by atoms with Gasteiger partial charge < -0.3 is 14.1 Å². The Morgan fingerprint density at radius 2 is 1.90 bits per heavy atom. The minimum Gasteiger partial charge on any atom is -0.497 e. The Hall–Kier alpha value is -2.83. The van der Waals surface area contributed by atoms with Gasteiger partial charge in [-0.05, 0) is 42.8 Å². The predicted molar refractivity (Wildman–Crippen MR) is 120 cm³/mol. The summed E-state index contributed by atoms with van der Waals surface area (Å²) in [6.45, 7) is 5.67. The largest absolute Gasteiger partial charge is 0.497 e. The third-order valence-electron chi connectivity index (χ3n) is 5.55. The fraction of sp³-hybridized carbons (Fsp3) is 0.333. The van der Waals surface area contributed by atoms with Crippen molar-refractivity contribution in [3.63, 3.8) is 0 Å². The fourth-order valence-electron chi connectivity index (χ4n) is 3.76.